The van der Waals surface area contributed by atoms with Gasteiger partial charge in [-0.2, -0.15) is 4.72 Å². The van der Waals surface area contributed by atoms with Gasteiger partial charge in [0, 0.05) is 0 Å². The van der Waals surface area contributed by atoms with Crippen molar-refractivity contribution in [3.8, 4) is 5.75 Å². The van der Waals surface area contributed by atoms with Crippen molar-refractivity contribution in [2.24, 2.45) is 5.92 Å². The van der Waals surface area contributed by atoms with Crippen LogP contribution in [0.2, 0.25) is 0 Å². The van der Waals surface area contributed by atoms with Crippen molar-refractivity contribution in [2.75, 3.05) is 13.1 Å². The molecule has 0 aliphatic carbocycles. The number of piperidine rings is 1. The fourth-order valence-corrected chi connectivity index (χ4v) is 5.25. The number of rotatable bonds is 11. The quantitative estimate of drug-likeness (QED) is 0.476. The van der Waals surface area contributed by atoms with E-state index >= 15 is 0 Å². The van der Waals surface area contributed by atoms with Gasteiger partial charge in [-0.05, 0) is 74.5 Å². The Morgan fingerprint density at radius 2 is 1.78 bits per heavy atom. The molecular formula is C24H32N2O5S. The minimum atomic E-state index is -3.93. The van der Waals surface area contributed by atoms with Gasteiger partial charge < -0.3 is 15.2 Å². The van der Waals surface area contributed by atoms with Gasteiger partial charge in [0.05, 0.1) is 4.90 Å². The Bertz CT molecular complexity index is 958. The maximum absolute atomic E-state index is 12.5. The summed E-state index contributed by atoms with van der Waals surface area (Å²) in [4.78, 5) is 11.8. The summed E-state index contributed by atoms with van der Waals surface area (Å²) in [7, 11) is -3.93. The molecule has 174 valence electrons. The first-order valence-electron chi connectivity index (χ1n) is 11.2. The lowest BCUT2D eigenvalue weighted by Gasteiger charge is -2.31. The fraction of sp³-hybridized carbons (Fsp3) is 0.458. The third kappa shape index (κ3) is 6.79. The molecule has 0 amide bonds. The van der Waals surface area contributed by atoms with Crippen LogP contribution >= 0.6 is 0 Å². The minimum Gasteiger partial charge on any atom is -0.490 e. The summed E-state index contributed by atoms with van der Waals surface area (Å²) in [6, 6.07) is 13.8. The van der Waals surface area contributed by atoms with Gasteiger partial charge in [0.1, 0.15) is 17.9 Å². The third-order valence-electron chi connectivity index (χ3n) is 5.78. The first-order valence-corrected chi connectivity index (χ1v) is 12.6. The first-order chi connectivity index (χ1) is 15.4. The summed E-state index contributed by atoms with van der Waals surface area (Å²) >= 11 is 0. The molecule has 7 nitrogen and oxygen atoms in total. The van der Waals surface area contributed by atoms with Gasteiger partial charge in [-0.1, -0.05) is 43.7 Å². The normalized spacial score (nSPS) is 16.9. The third-order valence-corrected chi connectivity index (χ3v) is 7.27. The van der Waals surface area contributed by atoms with Crippen molar-refractivity contribution in [3.63, 3.8) is 0 Å². The van der Waals surface area contributed by atoms with Crippen LogP contribution in [0.5, 0.6) is 5.75 Å². The van der Waals surface area contributed by atoms with Crippen LogP contribution in [-0.2, 0) is 21.2 Å². The van der Waals surface area contributed by atoms with E-state index in [2.05, 4.69) is 17.0 Å². The molecule has 2 aromatic carbocycles. The van der Waals surface area contributed by atoms with Crippen LogP contribution in [0.1, 0.15) is 38.2 Å². The van der Waals surface area contributed by atoms with Gasteiger partial charge in [0.2, 0.25) is 10.0 Å². The Kier molecular flexibility index (Phi) is 8.67. The molecule has 1 aliphatic rings. The maximum Gasteiger partial charge on any atom is 0.322 e. The van der Waals surface area contributed by atoms with Crippen molar-refractivity contribution in [2.45, 2.75) is 56.1 Å². The first kappa shape index (κ1) is 24.2. The minimum absolute atomic E-state index is 0.0361. The molecule has 0 bridgehead atoms. The maximum atomic E-state index is 12.5. The van der Waals surface area contributed by atoms with Crippen LogP contribution in [0.4, 0.5) is 0 Å². The Balaban J connectivity index is 1.65. The fourth-order valence-electron chi connectivity index (χ4n) is 4.04. The van der Waals surface area contributed by atoms with Gasteiger partial charge in [-0.3, -0.25) is 4.79 Å². The molecule has 1 heterocycles. The van der Waals surface area contributed by atoms with E-state index in [0.717, 1.165) is 50.1 Å². The van der Waals surface area contributed by atoms with Gasteiger partial charge >= 0.3 is 5.97 Å². The van der Waals surface area contributed by atoms with Gasteiger partial charge in [-0.15, -0.1) is 0 Å². The smallest absolute Gasteiger partial charge is 0.322 e. The van der Waals surface area contributed by atoms with E-state index < -0.39 is 22.0 Å². The second-order valence-electron chi connectivity index (χ2n) is 8.21. The van der Waals surface area contributed by atoms with Crippen LogP contribution in [0.15, 0.2) is 59.5 Å². The zero-order valence-electron chi connectivity index (χ0n) is 18.4. The lowest BCUT2D eigenvalue weighted by atomic mass is 9.89. The number of benzene rings is 2. The molecule has 3 rings (SSSR count). The average Bonchev–Trinajstić information content (AvgIpc) is 2.80. The Hall–Kier alpha value is -2.42. The predicted octanol–water partition coefficient (Wildman–Crippen LogP) is 3.21. The van der Waals surface area contributed by atoms with Crippen LogP contribution < -0.4 is 14.8 Å². The van der Waals surface area contributed by atoms with Crippen molar-refractivity contribution in [1.82, 2.24) is 10.0 Å². The number of carboxylic acids is 1. The standard InChI is InChI=1S/C24H32N2O5S/c1-2-6-23(19-13-15-25-16-14-19)31-20-11-9-18(10-12-20)17-22(24(27)28)26-32(29,30)21-7-4-3-5-8-21/h3-5,7-12,19,22-23,25-26H,2,6,13-17H2,1H3,(H,27,28). The zero-order chi connectivity index (χ0) is 23.0. The zero-order valence-corrected chi connectivity index (χ0v) is 19.2. The number of hydrogen-bond donors (Lipinski definition) is 3. The topological polar surface area (TPSA) is 105 Å². The molecule has 8 heteroatoms. The number of aliphatic carboxylic acids is 1. The van der Waals surface area contributed by atoms with Crippen LogP contribution in [0.3, 0.4) is 0 Å². The Morgan fingerprint density at radius 3 is 2.38 bits per heavy atom. The molecule has 2 aromatic rings. The van der Waals surface area contributed by atoms with E-state index in [4.69, 9.17) is 4.74 Å². The highest BCUT2D eigenvalue weighted by atomic mass is 32.2. The highest BCUT2D eigenvalue weighted by Crippen LogP contribution is 2.25. The molecule has 0 radical (unpaired) electrons. The van der Waals surface area contributed by atoms with E-state index in [9.17, 15) is 18.3 Å². The Labute approximate surface area is 190 Å². The van der Waals surface area contributed by atoms with Gasteiger partial charge in [0.25, 0.3) is 0 Å². The van der Waals surface area contributed by atoms with Gasteiger partial charge in [-0.25, -0.2) is 8.42 Å². The summed E-state index contributed by atoms with van der Waals surface area (Å²) in [6.45, 7) is 4.19. The van der Waals surface area contributed by atoms with Crippen LogP contribution in [-0.4, -0.2) is 44.7 Å². The van der Waals surface area contributed by atoms with E-state index in [1.54, 1.807) is 30.3 Å². The van der Waals surface area contributed by atoms with Crippen molar-refractivity contribution in [1.29, 1.82) is 0 Å². The monoisotopic (exact) mass is 460 g/mol. The summed E-state index contributed by atoms with van der Waals surface area (Å²) in [5.74, 6) is 0.0564. The number of carboxylic acid groups (broad SMARTS) is 1. The number of nitrogens with one attached hydrogen (secondary N) is 2. The van der Waals surface area contributed by atoms with Crippen LogP contribution in [0, 0.1) is 5.92 Å². The molecule has 0 aromatic heterocycles. The highest BCUT2D eigenvalue weighted by molar-refractivity contribution is 7.89. The number of ether oxygens (including phenoxy) is 1. The average molecular weight is 461 g/mol. The van der Waals surface area contributed by atoms with Crippen molar-refractivity contribution >= 4 is 16.0 Å². The molecule has 1 aliphatic heterocycles. The van der Waals surface area contributed by atoms with Crippen molar-refractivity contribution < 1.29 is 23.1 Å². The molecular weight excluding hydrogens is 428 g/mol. The largest absolute Gasteiger partial charge is 0.490 e. The van der Waals surface area contributed by atoms with Crippen molar-refractivity contribution in [3.05, 3.63) is 60.2 Å². The lowest BCUT2D eigenvalue weighted by molar-refractivity contribution is -0.138. The lowest BCUT2D eigenvalue weighted by Crippen LogP contribution is -2.42. The van der Waals surface area contributed by atoms with Crippen LogP contribution in [0.25, 0.3) is 0 Å². The second kappa shape index (κ2) is 11.4. The molecule has 3 N–H and O–H groups in total. The molecule has 32 heavy (non-hydrogen) atoms. The molecule has 2 unspecified atom stereocenters. The number of sulfonamides is 1. The highest BCUT2D eigenvalue weighted by Gasteiger charge is 2.26. The summed E-state index contributed by atoms with van der Waals surface area (Å²) in [5.41, 5.74) is 0.717. The van der Waals surface area contributed by atoms with E-state index in [0.29, 0.717) is 5.92 Å². The molecule has 1 saturated heterocycles. The number of carbonyl (C=O) groups is 1. The van der Waals surface area contributed by atoms with Gasteiger partial charge in [0.15, 0.2) is 0 Å². The summed E-state index contributed by atoms with van der Waals surface area (Å²) < 4.78 is 33.6. The van der Waals surface area contributed by atoms with E-state index in [1.807, 2.05) is 12.1 Å². The molecule has 0 spiro atoms. The number of hydrogen-bond acceptors (Lipinski definition) is 5. The second-order valence-corrected chi connectivity index (χ2v) is 9.92. The summed E-state index contributed by atoms with van der Waals surface area (Å²) in [6.07, 6.45) is 4.45. The SMILES string of the molecule is CCCC(Oc1ccc(CC(NS(=O)(=O)c2ccccc2)C(=O)O)cc1)C1CCNCC1. The molecule has 2 atom stereocenters. The predicted molar refractivity (Wildman–Crippen MR) is 123 cm³/mol. The van der Waals surface area contributed by atoms with E-state index in [-0.39, 0.29) is 17.4 Å². The summed E-state index contributed by atoms with van der Waals surface area (Å²) in [5, 5.41) is 12.9. The molecule has 0 saturated carbocycles. The van der Waals surface area contributed by atoms with E-state index in [1.165, 1.54) is 12.1 Å². The Morgan fingerprint density at radius 1 is 1.12 bits per heavy atom. The molecule has 1 fully saturated rings.